The topological polar surface area (TPSA) is 46.6 Å². The van der Waals surface area contributed by atoms with E-state index in [4.69, 9.17) is 4.74 Å². The molecule has 1 heterocycles. The van der Waals surface area contributed by atoms with Crippen LogP contribution in [-0.4, -0.2) is 37.7 Å². The molecule has 0 spiro atoms. The van der Waals surface area contributed by atoms with E-state index in [2.05, 4.69) is 6.07 Å². The summed E-state index contributed by atoms with van der Waals surface area (Å²) < 4.78 is 46.4. The van der Waals surface area contributed by atoms with Gasteiger partial charge in [0.15, 0.2) is 0 Å². The molecule has 2 aromatic carbocycles. The highest BCUT2D eigenvalue weighted by Gasteiger charge is 2.36. The van der Waals surface area contributed by atoms with E-state index in [-0.39, 0.29) is 17.6 Å². The van der Waals surface area contributed by atoms with Gasteiger partial charge >= 0.3 is 0 Å². The van der Waals surface area contributed by atoms with Crippen LogP contribution in [0, 0.1) is 5.82 Å². The average molecular weight is 389 g/mol. The lowest BCUT2D eigenvalue weighted by Crippen LogP contribution is -2.37. The molecule has 0 aromatic heterocycles. The van der Waals surface area contributed by atoms with Crippen LogP contribution in [0.25, 0.3) is 0 Å². The normalized spacial score (nSPS) is 16.4. The van der Waals surface area contributed by atoms with Crippen LogP contribution >= 0.6 is 0 Å². The minimum Gasteiger partial charge on any atom is -0.493 e. The Kier molecular flexibility index (Phi) is 5.19. The maximum atomic E-state index is 13.4. The predicted octanol–water partition coefficient (Wildman–Crippen LogP) is 3.34. The Balaban J connectivity index is 1.40. The van der Waals surface area contributed by atoms with Crippen LogP contribution in [0.15, 0.2) is 42.5 Å². The van der Waals surface area contributed by atoms with Crippen molar-refractivity contribution in [3.05, 3.63) is 65.0 Å². The zero-order chi connectivity index (χ0) is 18.9. The summed E-state index contributed by atoms with van der Waals surface area (Å²) in [6.45, 7) is 1.11. The molecule has 2 aromatic rings. The lowest BCUT2D eigenvalue weighted by Gasteiger charge is -2.22. The maximum absolute atomic E-state index is 13.4. The molecule has 144 valence electrons. The van der Waals surface area contributed by atoms with E-state index in [1.807, 2.05) is 18.2 Å². The SMILES string of the molecule is O=S(=O)(CCc1ccc2c(c1)CCO2)N(CCc1cccc(F)c1)C1CC1. The fourth-order valence-electron chi connectivity index (χ4n) is 3.60. The van der Waals surface area contributed by atoms with E-state index in [0.717, 1.165) is 41.7 Å². The monoisotopic (exact) mass is 389 g/mol. The summed E-state index contributed by atoms with van der Waals surface area (Å²) >= 11 is 0. The largest absolute Gasteiger partial charge is 0.493 e. The highest BCUT2D eigenvalue weighted by Crippen LogP contribution is 2.30. The van der Waals surface area contributed by atoms with E-state index < -0.39 is 10.0 Å². The Morgan fingerprint density at radius 2 is 1.89 bits per heavy atom. The minimum atomic E-state index is -3.34. The summed E-state index contributed by atoms with van der Waals surface area (Å²) in [6, 6.07) is 12.4. The average Bonchev–Trinajstić information content (AvgIpc) is 3.36. The third-order valence-corrected chi connectivity index (χ3v) is 7.14. The molecule has 1 aliphatic carbocycles. The highest BCUT2D eigenvalue weighted by atomic mass is 32.2. The molecule has 1 fully saturated rings. The number of fused-ring (bicyclic) bond motifs is 1. The van der Waals surface area contributed by atoms with E-state index in [0.29, 0.717) is 26.0 Å². The van der Waals surface area contributed by atoms with Gasteiger partial charge in [-0.3, -0.25) is 0 Å². The van der Waals surface area contributed by atoms with Gasteiger partial charge in [-0.25, -0.2) is 12.8 Å². The van der Waals surface area contributed by atoms with Crippen LogP contribution in [0.2, 0.25) is 0 Å². The van der Waals surface area contributed by atoms with Crippen molar-refractivity contribution in [2.45, 2.75) is 38.1 Å². The fraction of sp³-hybridized carbons (Fsp3) is 0.429. The lowest BCUT2D eigenvalue weighted by molar-refractivity contribution is 0.357. The van der Waals surface area contributed by atoms with E-state index in [9.17, 15) is 12.8 Å². The summed E-state index contributed by atoms with van der Waals surface area (Å²) in [7, 11) is -3.34. The van der Waals surface area contributed by atoms with Crippen molar-refractivity contribution < 1.29 is 17.5 Å². The summed E-state index contributed by atoms with van der Waals surface area (Å²) in [6.07, 6.45) is 3.75. The molecule has 1 saturated carbocycles. The number of aryl methyl sites for hydroxylation is 1. The molecule has 4 nitrogen and oxygen atoms in total. The van der Waals surface area contributed by atoms with Crippen LogP contribution in [0.4, 0.5) is 4.39 Å². The molecule has 6 heteroatoms. The number of benzene rings is 2. The van der Waals surface area contributed by atoms with Crippen molar-refractivity contribution in [2.24, 2.45) is 0 Å². The third-order valence-electron chi connectivity index (χ3n) is 5.22. The highest BCUT2D eigenvalue weighted by molar-refractivity contribution is 7.89. The molecule has 0 atom stereocenters. The molecule has 1 aliphatic heterocycles. The van der Waals surface area contributed by atoms with Gasteiger partial charge in [0.05, 0.1) is 12.4 Å². The van der Waals surface area contributed by atoms with Crippen molar-refractivity contribution in [1.82, 2.24) is 4.31 Å². The quantitative estimate of drug-likeness (QED) is 0.696. The van der Waals surface area contributed by atoms with Crippen LogP contribution in [0.1, 0.15) is 29.5 Å². The molecular weight excluding hydrogens is 365 g/mol. The molecule has 0 saturated heterocycles. The Bertz CT molecular complexity index is 925. The lowest BCUT2D eigenvalue weighted by atomic mass is 10.1. The summed E-state index contributed by atoms with van der Waals surface area (Å²) in [5.41, 5.74) is 3.02. The van der Waals surface area contributed by atoms with Gasteiger partial charge in [-0.1, -0.05) is 24.3 Å². The molecule has 2 aliphatic rings. The van der Waals surface area contributed by atoms with Gasteiger partial charge in [-0.15, -0.1) is 0 Å². The number of rotatable bonds is 8. The van der Waals surface area contributed by atoms with Gasteiger partial charge in [0, 0.05) is 19.0 Å². The van der Waals surface area contributed by atoms with E-state index >= 15 is 0 Å². The van der Waals surface area contributed by atoms with Crippen molar-refractivity contribution in [1.29, 1.82) is 0 Å². The molecule has 0 bridgehead atoms. The van der Waals surface area contributed by atoms with Crippen molar-refractivity contribution in [3.63, 3.8) is 0 Å². The number of nitrogens with zero attached hydrogens (tertiary/aromatic N) is 1. The Morgan fingerprint density at radius 1 is 1.07 bits per heavy atom. The van der Waals surface area contributed by atoms with Gasteiger partial charge in [-0.2, -0.15) is 4.31 Å². The third kappa shape index (κ3) is 4.50. The summed E-state index contributed by atoms with van der Waals surface area (Å²) in [5.74, 6) is 0.733. The Hall–Kier alpha value is -1.92. The van der Waals surface area contributed by atoms with Crippen LogP contribution in [0.5, 0.6) is 5.75 Å². The number of ether oxygens (including phenoxy) is 1. The fourth-order valence-corrected chi connectivity index (χ4v) is 5.37. The second-order valence-corrected chi connectivity index (χ2v) is 9.37. The van der Waals surface area contributed by atoms with Crippen molar-refractivity contribution in [3.8, 4) is 5.75 Å². The van der Waals surface area contributed by atoms with Gasteiger partial charge in [0.1, 0.15) is 11.6 Å². The maximum Gasteiger partial charge on any atom is 0.214 e. The first-order chi connectivity index (χ1) is 13.0. The van der Waals surface area contributed by atoms with Gasteiger partial charge in [0.2, 0.25) is 10.0 Å². The molecule has 0 radical (unpaired) electrons. The summed E-state index contributed by atoms with van der Waals surface area (Å²) in [5, 5.41) is 0. The van der Waals surface area contributed by atoms with Crippen molar-refractivity contribution in [2.75, 3.05) is 18.9 Å². The summed E-state index contributed by atoms with van der Waals surface area (Å²) in [4.78, 5) is 0. The van der Waals surface area contributed by atoms with Crippen molar-refractivity contribution >= 4 is 10.0 Å². The van der Waals surface area contributed by atoms with E-state index in [1.165, 1.54) is 12.1 Å². The van der Waals surface area contributed by atoms with Gasteiger partial charge < -0.3 is 4.74 Å². The number of hydrogen-bond donors (Lipinski definition) is 0. The first-order valence-electron chi connectivity index (χ1n) is 9.50. The van der Waals surface area contributed by atoms with Crippen LogP contribution < -0.4 is 4.74 Å². The second-order valence-electron chi connectivity index (χ2n) is 7.33. The molecule has 27 heavy (non-hydrogen) atoms. The standard InChI is InChI=1S/C21H24FNO3S/c22-19-3-1-2-16(15-19)8-11-23(20-5-6-20)27(24,25)13-10-17-4-7-21-18(14-17)9-12-26-21/h1-4,7,14-15,20H,5-6,8-13H2. The Morgan fingerprint density at radius 3 is 2.67 bits per heavy atom. The predicted molar refractivity (Wildman–Crippen MR) is 103 cm³/mol. The second kappa shape index (κ2) is 7.60. The molecule has 0 N–H and O–H groups in total. The number of sulfonamides is 1. The number of hydrogen-bond acceptors (Lipinski definition) is 3. The first-order valence-corrected chi connectivity index (χ1v) is 11.1. The minimum absolute atomic E-state index is 0.103. The number of halogens is 1. The smallest absolute Gasteiger partial charge is 0.214 e. The molecule has 0 unspecified atom stereocenters. The zero-order valence-electron chi connectivity index (χ0n) is 15.2. The molecule has 4 rings (SSSR count). The zero-order valence-corrected chi connectivity index (χ0v) is 16.1. The van der Waals surface area contributed by atoms with Crippen LogP contribution in [-0.2, 0) is 29.3 Å². The molecular formula is C21H24FNO3S. The van der Waals surface area contributed by atoms with Crippen LogP contribution in [0.3, 0.4) is 0 Å². The first kappa shape index (κ1) is 18.4. The van der Waals surface area contributed by atoms with Gasteiger partial charge in [-0.05, 0) is 60.6 Å². The van der Waals surface area contributed by atoms with E-state index in [1.54, 1.807) is 10.4 Å². The Labute approximate surface area is 160 Å². The molecule has 0 amide bonds. The van der Waals surface area contributed by atoms with Gasteiger partial charge in [0.25, 0.3) is 0 Å².